The van der Waals surface area contributed by atoms with Crippen LogP contribution < -0.4 is 0 Å². The Morgan fingerprint density at radius 3 is 2.24 bits per heavy atom. The van der Waals surface area contributed by atoms with Gasteiger partial charge in [-0.3, -0.25) is 0 Å². The van der Waals surface area contributed by atoms with Gasteiger partial charge in [0.1, 0.15) is 0 Å². The number of hydrogen-bond donors (Lipinski definition) is 0. The second-order valence-corrected chi connectivity index (χ2v) is 5.48. The maximum absolute atomic E-state index is 5.77. The number of rotatable bonds is 8. The molecule has 17 heavy (non-hydrogen) atoms. The summed E-state index contributed by atoms with van der Waals surface area (Å²) in [7, 11) is 0. The van der Waals surface area contributed by atoms with Crippen molar-refractivity contribution in [1.82, 2.24) is 0 Å². The fourth-order valence-corrected chi connectivity index (χ4v) is 2.84. The summed E-state index contributed by atoms with van der Waals surface area (Å²) in [5.41, 5.74) is 0. The van der Waals surface area contributed by atoms with E-state index < -0.39 is 0 Å². The fourth-order valence-electron chi connectivity index (χ4n) is 2.84. The molecular formula is C15H30O2. The van der Waals surface area contributed by atoms with Crippen molar-refractivity contribution < 1.29 is 9.47 Å². The third kappa shape index (κ3) is 5.39. The molecule has 0 heterocycles. The van der Waals surface area contributed by atoms with Crippen molar-refractivity contribution in [3.05, 3.63) is 0 Å². The van der Waals surface area contributed by atoms with Gasteiger partial charge in [0.2, 0.25) is 0 Å². The van der Waals surface area contributed by atoms with Crippen molar-refractivity contribution in [3.8, 4) is 0 Å². The van der Waals surface area contributed by atoms with E-state index in [0.717, 1.165) is 51.1 Å². The van der Waals surface area contributed by atoms with E-state index >= 15 is 0 Å². The van der Waals surface area contributed by atoms with Crippen LogP contribution in [0.5, 0.6) is 0 Å². The highest BCUT2D eigenvalue weighted by Gasteiger charge is 2.30. The third-order valence-electron chi connectivity index (χ3n) is 3.91. The highest BCUT2D eigenvalue weighted by Crippen LogP contribution is 2.35. The van der Waals surface area contributed by atoms with Crippen LogP contribution >= 0.6 is 0 Å². The minimum atomic E-state index is 0.715. The Hall–Kier alpha value is -0.0800. The maximum atomic E-state index is 5.77. The van der Waals surface area contributed by atoms with Gasteiger partial charge in [-0.25, -0.2) is 0 Å². The zero-order chi connectivity index (χ0) is 12.5. The smallest absolute Gasteiger partial charge is 0.0500 e. The highest BCUT2D eigenvalue weighted by atomic mass is 16.5. The first-order chi connectivity index (χ1) is 8.29. The predicted molar refractivity (Wildman–Crippen MR) is 72.2 cm³/mol. The summed E-state index contributed by atoms with van der Waals surface area (Å²) in [5.74, 6) is 2.24. The molecular weight excluding hydrogens is 212 g/mol. The molecule has 0 aromatic heterocycles. The fraction of sp³-hybridized carbons (Fsp3) is 1.00. The molecule has 1 fully saturated rings. The summed E-state index contributed by atoms with van der Waals surface area (Å²) in [6.07, 6.45) is 6.31. The number of ether oxygens (including phenoxy) is 2. The first-order valence-electron chi connectivity index (χ1n) is 7.45. The van der Waals surface area contributed by atoms with Crippen molar-refractivity contribution in [1.29, 1.82) is 0 Å². The summed E-state index contributed by atoms with van der Waals surface area (Å²) in [5, 5.41) is 0. The van der Waals surface area contributed by atoms with E-state index in [1.54, 1.807) is 0 Å². The van der Waals surface area contributed by atoms with Gasteiger partial charge in [0.25, 0.3) is 0 Å². The number of hydrogen-bond acceptors (Lipinski definition) is 2. The first-order valence-corrected chi connectivity index (χ1v) is 7.45. The van der Waals surface area contributed by atoms with E-state index in [-0.39, 0.29) is 0 Å². The van der Waals surface area contributed by atoms with Crippen molar-refractivity contribution in [2.45, 2.75) is 52.9 Å². The minimum absolute atomic E-state index is 0.715. The molecule has 1 saturated carbocycles. The summed E-state index contributed by atoms with van der Waals surface area (Å²) >= 11 is 0. The van der Waals surface area contributed by atoms with E-state index in [1.165, 1.54) is 19.3 Å². The zero-order valence-electron chi connectivity index (χ0n) is 11.9. The maximum Gasteiger partial charge on any atom is 0.0500 e. The lowest BCUT2D eigenvalue weighted by Crippen LogP contribution is -2.33. The molecule has 0 aromatic carbocycles. The first kappa shape index (κ1) is 15.0. The molecule has 102 valence electrons. The van der Waals surface area contributed by atoms with Gasteiger partial charge < -0.3 is 9.47 Å². The molecule has 3 atom stereocenters. The van der Waals surface area contributed by atoms with E-state index in [1.807, 2.05) is 0 Å². The molecule has 0 bridgehead atoms. The average Bonchev–Trinajstić information content (AvgIpc) is 2.33. The van der Waals surface area contributed by atoms with Gasteiger partial charge in [-0.1, -0.05) is 33.6 Å². The normalized spacial score (nSPS) is 29.5. The van der Waals surface area contributed by atoms with Crippen LogP contribution in [0.1, 0.15) is 52.9 Å². The van der Waals surface area contributed by atoms with Crippen LogP contribution in [0.15, 0.2) is 0 Å². The second-order valence-electron chi connectivity index (χ2n) is 5.48. The predicted octanol–water partition coefficient (Wildman–Crippen LogP) is 3.89. The van der Waals surface area contributed by atoms with E-state index in [2.05, 4.69) is 20.8 Å². The molecule has 0 aromatic rings. The lowest BCUT2D eigenvalue weighted by molar-refractivity contribution is -0.00705. The molecule has 0 radical (unpaired) electrons. The molecule has 1 rings (SSSR count). The Morgan fingerprint density at radius 2 is 1.59 bits per heavy atom. The van der Waals surface area contributed by atoms with Crippen LogP contribution in [-0.4, -0.2) is 26.4 Å². The third-order valence-corrected chi connectivity index (χ3v) is 3.91. The SMILES string of the molecule is CCCOCC1CCCC(C)C1COCCC. The van der Waals surface area contributed by atoms with Crippen LogP contribution in [0.25, 0.3) is 0 Å². The van der Waals surface area contributed by atoms with Gasteiger partial charge in [0, 0.05) is 26.4 Å². The van der Waals surface area contributed by atoms with Crippen molar-refractivity contribution in [2.24, 2.45) is 17.8 Å². The molecule has 2 heteroatoms. The molecule has 0 aliphatic heterocycles. The summed E-state index contributed by atoms with van der Waals surface area (Å²) in [6, 6.07) is 0. The molecule has 0 saturated heterocycles. The molecule has 2 nitrogen and oxygen atoms in total. The molecule has 0 spiro atoms. The monoisotopic (exact) mass is 242 g/mol. The van der Waals surface area contributed by atoms with Crippen LogP contribution in [0.3, 0.4) is 0 Å². The lowest BCUT2D eigenvalue weighted by atomic mass is 9.73. The van der Waals surface area contributed by atoms with Gasteiger partial charge in [-0.05, 0) is 37.0 Å². The molecule has 0 amide bonds. The highest BCUT2D eigenvalue weighted by molar-refractivity contribution is 4.80. The minimum Gasteiger partial charge on any atom is -0.381 e. The Balaban J connectivity index is 2.34. The van der Waals surface area contributed by atoms with Crippen molar-refractivity contribution >= 4 is 0 Å². The lowest BCUT2D eigenvalue weighted by Gasteiger charge is -2.36. The Kier molecular flexibility index (Phi) is 7.87. The van der Waals surface area contributed by atoms with Crippen LogP contribution in [0.2, 0.25) is 0 Å². The van der Waals surface area contributed by atoms with Gasteiger partial charge in [-0.2, -0.15) is 0 Å². The van der Waals surface area contributed by atoms with Crippen LogP contribution in [0, 0.1) is 17.8 Å². The zero-order valence-corrected chi connectivity index (χ0v) is 11.9. The topological polar surface area (TPSA) is 18.5 Å². The quantitative estimate of drug-likeness (QED) is 0.601. The standard InChI is InChI=1S/C15H30O2/c1-4-9-16-11-14-8-6-7-13(3)15(14)12-17-10-5-2/h13-15H,4-12H2,1-3H3. The van der Waals surface area contributed by atoms with Gasteiger partial charge in [-0.15, -0.1) is 0 Å². The van der Waals surface area contributed by atoms with Gasteiger partial charge >= 0.3 is 0 Å². The Labute approximate surface area is 107 Å². The van der Waals surface area contributed by atoms with Crippen molar-refractivity contribution in [3.63, 3.8) is 0 Å². The Bertz CT molecular complexity index is 182. The van der Waals surface area contributed by atoms with Gasteiger partial charge in [0.15, 0.2) is 0 Å². The second kappa shape index (κ2) is 8.93. The van der Waals surface area contributed by atoms with Crippen LogP contribution in [0.4, 0.5) is 0 Å². The Morgan fingerprint density at radius 1 is 0.941 bits per heavy atom. The van der Waals surface area contributed by atoms with Gasteiger partial charge in [0.05, 0.1) is 0 Å². The summed E-state index contributed by atoms with van der Waals surface area (Å²) in [6.45, 7) is 10.4. The molecule has 1 aliphatic carbocycles. The summed E-state index contributed by atoms with van der Waals surface area (Å²) in [4.78, 5) is 0. The molecule has 3 unspecified atom stereocenters. The van der Waals surface area contributed by atoms with Crippen LogP contribution in [-0.2, 0) is 9.47 Å². The molecule has 0 N–H and O–H groups in total. The average molecular weight is 242 g/mol. The largest absolute Gasteiger partial charge is 0.381 e. The summed E-state index contributed by atoms with van der Waals surface area (Å²) < 4.78 is 11.5. The molecule has 1 aliphatic rings. The van der Waals surface area contributed by atoms with E-state index in [4.69, 9.17) is 9.47 Å². The van der Waals surface area contributed by atoms with E-state index in [0.29, 0.717) is 5.92 Å². The van der Waals surface area contributed by atoms with Crippen molar-refractivity contribution in [2.75, 3.05) is 26.4 Å². The van der Waals surface area contributed by atoms with E-state index in [9.17, 15) is 0 Å².